The van der Waals surface area contributed by atoms with E-state index in [4.69, 9.17) is 9.47 Å². The molecule has 2 aromatic carbocycles. The first kappa shape index (κ1) is 20.8. The number of aromatic nitrogens is 1. The third-order valence-electron chi connectivity index (χ3n) is 5.01. The van der Waals surface area contributed by atoms with Crippen molar-refractivity contribution in [3.63, 3.8) is 0 Å². The third-order valence-corrected chi connectivity index (χ3v) is 6.88. The average molecular weight is 441 g/mol. The number of aryl methyl sites for hydroxylation is 1. The summed E-state index contributed by atoms with van der Waals surface area (Å²) in [4.78, 5) is 18.2. The Labute approximate surface area is 184 Å². The summed E-state index contributed by atoms with van der Waals surface area (Å²) in [5.74, 6) is 2.28. The summed E-state index contributed by atoms with van der Waals surface area (Å²) in [6.07, 6.45) is 0. The third kappa shape index (κ3) is 4.79. The number of thioether (sulfide) groups is 1. The maximum Gasteiger partial charge on any atom is 0.251 e. The predicted octanol–water partition coefficient (Wildman–Crippen LogP) is 5.18. The first-order chi connectivity index (χ1) is 14.4. The Morgan fingerprint density at radius 3 is 2.67 bits per heavy atom. The number of carbonyl (C=O) groups is 1. The van der Waals surface area contributed by atoms with E-state index in [2.05, 4.69) is 29.5 Å². The molecule has 0 bridgehead atoms. The van der Waals surface area contributed by atoms with Crippen molar-refractivity contribution in [1.29, 1.82) is 0 Å². The second kappa shape index (κ2) is 8.70. The molecule has 0 saturated carbocycles. The zero-order valence-corrected chi connectivity index (χ0v) is 18.9. The van der Waals surface area contributed by atoms with Gasteiger partial charge in [0.25, 0.3) is 5.91 Å². The number of ether oxygens (including phenoxy) is 2. The Morgan fingerprint density at radius 1 is 1.17 bits per heavy atom. The number of hydrogen-bond donors (Lipinski definition) is 1. The molecule has 1 N–H and O–H groups in total. The highest BCUT2D eigenvalue weighted by Gasteiger charge is 2.25. The van der Waals surface area contributed by atoms with Crippen LogP contribution in [0.15, 0.2) is 52.7 Å². The van der Waals surface area contributed by atoms with Gasteiger partial charge in [0.1, 0.15) is 0 Å². The topological polar surface area (TPSA) is 60.5 Å². The van der Waals surface area contributed by atoms with Crippen LogP contribution < -0.4 is 14.8 Å². The molecule has 2 heterocycles. The van der Waals surface area contributed by atoms with Gasteiger partial charge >= 0.3 is 0 Å². The SMILES string of the molecule is Cc1nc(CSc2ccc(C(=O)NCC(C)(C)c3ccc4c(c3)OCO4)cc2)cs1. The number of nitrogens with one attached hydrogen (secondary N) is 1. The molecule has 1 aliphatic heterocycles. The van der Waals surface area contributed by atoms with Gasteiger partial charge in [-0.1, -0.05) is 19.9 Å². The van der Waals surface area contributed by atoms with E-state index >= 15 is 0 Å². The van der Waals surface area contributed by atoms with Crippen LogP contribution in [0.2, 0.25) is 0 Å². The Kier molecular flexibility index (Phi) is 6.01. The van der Waals surface area contributed by atoms with Crippen molar-refractivity contribution >= 4 is 29.0 Å². The summed E-state index contributed by atoms with van der Waals surface area (Å²) < 4.78 is 10.9. The minimum absolute atomic E-state index is 0.0736. The van der Waals surface area contributed by atoms with Crippen LogP contribution >= 0.6 is 23.1 Å². The summed E-state index contributed by atoms with van der Waals surface area (Å²) in [7, 11) is 0. The second-order valence-electron chi connectivity index (χ2n) is 7.81. The standard InChI is InChI=1S/C23H24N2O3S2/c1-15-25-18(11-29-15)12-30-19-7-4-16(5-8-19)22(26)24-13-23(2,3)17-6-9-20-21(10-17)28-14-27-20/h4-11H,12-14H2,1-3H3,(H,24,26). The molecule has 0 unspecified atom stereocenters. The first-order valence-electron chi connectivity index (χ1n) is 9.73. The molecule has 30 heavy (non-hydrogen) atoms. The number of rotatable bonds is 7. The lowest BCUT2D eigenvalue weighted by Gasteiger charge is -2.26. The molecule has 1 amide bonds. The van der Waals surface area contributed by atoms with Crippen molar-refractivity contribution < 1.29 is 14.3 Å². The lowest BCUT2D eigenvalue weighted by Crippen LogP contribution is -2.36. The minimum Gasteiger partial charge on any atom is -0.454 e. The number of hydrogen-bond acceptors (Lipinski definition) is 6. The molecule has 0 atom stereocenters. The number of amides is 1. The number of nitrogens with zero attached hydrogens (tertiary/aromatic N) is 1. The van der Waals surface area contributed by atoms with Crippen LogP contribution in [-0.4, -0.2) is 24.2 Å². The lowest BCUT2D eigenvalue weighted by atomic mass is 9.84. The zero-order valence-electron chi connectivity index (χ0n) is 17.2. The smallest absolute Gasteiger partial charge is 0.251 e. The van der Waals surface area contributed by atoms with Crippen LogP contribution in [0, 0.1) is 6.92 Å². The van der Waals surface area contributed by atoms with Gasteiger partial charge < -0.3 is 14.8 Å². The Morgan fingerprint density at radius 2 is 1.93 bits per heavy atom. The van der Waals surface area contributed by atoms with Gasteiger partial charge in [-0.3, -0.25) is 4.79 Å². The van der Waals surface area contributed by atoms with E-state index in [-0.39, 0.29) is 18.1 Å². The van der Waals surface area contributed by atoms with Crippen molar-refractivity contribution in [3.8, 4) is 11.5 Å². The van der Waals surface area contributed by atoms with Crippen molar-refractivity contribution in [3.05, 3.63) is 69.7 Å². The summed E-state index contributed by atoms with van der Waals surface area (Å²) in [6, 6.07) is 13.7. The van der Waals surface area contributed by atoms with Gasteiger partial charge in [-0.25, -0.2) is 4.98 Å². The molecular weight excluding hydrogens is 416 g/mol. The number of fused-ring (bicyclic) bond motifs is 1. The van der Waals surface area contributed by atoms with Crippen LogP contribution in [0.1, 0.15) is 40.5 Å². The average Bonchev–Trinajstić information content (AvgIpc) is 3.39. The fraction of sp³-hybridized carbons (Fsp3) is 0.304. The molecule has 4 rings (SSSR count). The Hall–Kier alpha value is -2.51. The van der Waals surface area contributed by atoms with Crippen LogP contribution in [0.3, 0.4) is 0 Å². The Bertz CT molecular complexity index is 1040. The van der Waals surface area contributed by atoms with Gasteiger partial charge in [-0.15, -0.1) is 23.1 Å². The van der Waals surface area contributed by atoms with Crippen molar-refractivity contribution in [2.75, 3.05) is 13.3 Å². The first-order valence-corrected chi connectivity index (χ1v) is 11.6. The highest BCUT2D eigenvalue weighted by atomic mass is 32.2. The molecule has 1 aliphatic rings. The molecule has 0 saturated heterocycles. The van der Waals surface area contributed by atoms with Gasteiger partial charge in [0, 0.05) is 33.6 Å². The summed E-state index contributed by atoms with van der Waals surface area (Å²) in [5, 5.41) is 6.23. The molecule has 156 valence electrons. The molecule has 0 spiro atoms. The van der Waals surface area contributed by atoms with Crippen molar-refractivity contribution in [1.82, 2.24) is 10.3 Å². The maximum absolute atomic E-state index is 12.6. The number of thiazole rings is 1. The molecule has 0 radical (unpaired) electrons. The Balaban J connectivity index is 1.33. The molecule has 3 aromatic rings. The van der Waals surface area contributed by atoms with Gasteiger partial charge in [-0.2, -0.15) is 0 Å². The van der Waals surface area contributed by atoms with E-state index in [0.717, 1.165) is 38.4 Å². The molecular formula is C23H24N2O3S2. The summed E-state index contributed by atoms with van der Waals surface area (Å²) in [6.45, 7) is 6.99. The number of benzene rings is 2. The van der Waals surface area contributed by atoms with E-state index in [1.807, 2.05) is 49.4 Å². The van der Waals surface area contributed by atoms with E-state index < -0.39 is 0 Å². The van der Waals surface area contributed by atoms with Gasteiger partial charge in [0.2, 0.25) is 6.79 Å². The zero-order chi connectivity index (χ0) is 21.1. The minimum atomic E-state index is -0.238. The lowest BCUT2D eigenvalue weighted by molar-refractivity contribution is 0.0945. The molecule has 0 fully saturated rings. The normalized spacial score (nSPS) is 12.8. The molecule has 1 aromatic heterocycles. The van der Waals surface area contributed by atoms with E-state index in [1.54, 1.807) is 23.1 Å². The second-order valence-corrected chi connectivity index (χ2v) is 9.92. The molecule has 7 heteroatoms. The molecule has 5 nitrogen and oxygen atoms in total. The van der Waals surface area contributed by atoms with Crippen molar-refractivity contribution in [2.45, 2.75) is 36.8 Å². The van der Waals surface area contributed by atoms with Crippen molar-refractivity contribution in [2.24, 2.45) is 0 Å². The van der Waals surface area contributed by atoms with E-state index in [1.165, 1.54) is 0 Å². The van der Waals surface area contributed by atoms with Crippen LogP contribution in [-0.2, 0) is 11.2 Å². The van der Waals surface area contributed by atoms with Gasteiger partial charge in [0.15, 0.2) is 11.5 Å². The summed E-state index contributed by atoms with van der Waals surface area (Å²) in [5.41, 5.74) is 2.61. The van der Waals surface area contributed by atoms with Gasteiger partial charge in [0.05, 0.1) is 10.7 Å². The quantitative estimate of drug-likeness (QED) is 0.513. The number of carbonyl (C=O) groups excluding carboxylic acids is 1. The fourth-order valence-electron chi connectivity index (χ4n) is 3.16. The largest absolute Gasteiger partial charge is 0.454 e. The molecule has 0 aliphatic carbocycles. The maximum atomic E-state index is 12.6. The van der Waals surface area contributed by atoms with Gasteiger partial charge in [-0.05, 0) is 48.9 Å². The highest BCUT2D eigenvalue weighted by Crippen LogP contribution is 2.36. The van der Waals surface area contributed by atoms with E-state index in [0.29, 0.717) is 12.1 Å². The fourth-order valence-corrected chi connectivity index (χ4v) is 4.67. The van der Waals surface area contributed by atoms with Crippen LogP contribution in [0.4, 0.5) is 0 Å². The van der Waals surface area contributed by atoms with E-state index in [9.17, 15) is 4.79 Å². The summed E-state index contributed by atoms with van der Waals surface area (Å²) >= 11 is 3.39. The van der Waals surface area contributed by atoms with Crippen LogP contribution in [0.5, 0.6) is 11.5 Å². The monoisotopic (exact) mass is 440 g/mol. The highest BCUT2D eigenvalue weighted by molar-refractivity contribution is 7.98. The van der Waals surface area contributed by atoms with Crippen LogP contribution in [0.25, 0.3) is 0 Å². The predicted molar refractivity (Wildman–Crippen MR) is 121 cm³/mol.